The number of amides is 2. The van der Waals surface area contributed by atoms with E-state index in [4.69, 9.17) is 0 Å². The number of unbranched alkanes of at least 4 members (excludes halogenated alkanes) is 13. The number of benzene rings is 2. The van der Waals surface area contributed by atoms with Crippen LogP contribution in [0, 0.1) is 0 Å². The topological polar surface area (TPSA) is 156 Å². The Bertz CT molecular complexity index is 1060. The van der Waals surface area contributed by atoms with Crippen LogP contribution in [0.1, 0.15) is 89.9 Å². The summed E-state index contributed by atoms with van der Waals surface area (Å²) in [6.07, 6.45) is 17.4. The first kappa shape index (κ1) is 35.9. The molecular formula is C30H46N2O8P2. The van der Waals surface area contributed by atoms with Gasteiger partial charge in [0.25, 0.3) is 0 Å². The molecule has 0 saturated heterocycles. The maximum absolute atomic E-state index is 11.4. The number of hydrogen-bond donors (Lipinski definition) is 4. The van der Waals surface area contributed by atoms with Gasteiger partial charge in [0.15, 0.2) is 0 Å². The second-order valence-electron chi connectivity index (χ2n) is 10.7. The van der Waals surface area contributed by atoms with E-state index in [0.29, 0.717) is 24.5 Å². The predicted octanol–water partition coefficient (Wildman–Crippen LogP) is 5.38. The van der Waals surface area contributed by atoms with Crippen molar-refractivity contribution >= 4 is 50.0 Å². The molecule has 0 radical (unpaired) electrons. The minimum absolute atomic E-state index is 0.0528. The van der Waals surface area contributed by atoms with Crippen molar-refractivity contribution in [1.29, 1.82) is 0 Å². The Morgan fingerprint density at radius 3 is 0.905 bits per heavy atom. The second kappa shape index (κ2) is 19.1. The van der Waals surface area contributed by atoms with Crippen LogP contribution in [0.2, 0.25) is 0 Å². The highest BCUT2D eigenvalue weighted by atomic mass is 31.2. The Kier molecular flexibility index (Phi) is 16.3. The molecule has 0 atom stereocenters. The number of carbonyl (C=O) groups is 2. The molecule has 0 spiro atoms. The van der Waals surface area contributed by atoms with Crippen LogP contribution in [-0.4, -0.2) is 45.5 Å². The molecule has 2 amide bonds. The van der Waals surface area contributed by atoms with E-state index < -0.39 is 15.2 Å². The van der Waals surface area contributed by atoms with Gasteiger partial charge in [0.05, 0.1) is 10.6 Å². The summed E-state index contributed by atoms with van der Waals surface area (Å²) in [7, 11) is -8.56. The average Bonchev–Trinajstić information content (AvgIpc) is 2.96. The van der Waals surface area contributed by atoms with Crippen LogP contribution in [-0.2, 0) is 18.7 Å². The lowest BCUT2D eigenvalue weighted by Gasteiger charge is -2.18. The minimum Gasteiger partial charge on any atom is -0.321 e. The number of nitrogens with zero attached hydrogens (tertiary/aromatic N) is 2. The highest BCUT2D eigenvalue weighted by molar-refractivity contribution is 7.60. The SMILES string of the molecule is O=CN(CCCCCCCCCCCCCCCCN(C=O)c1ccc(P(=O)(O)O)cc1)c1ccc(P(=O)(O)O)cc1. The zero-order chi connectivity index (χ0) is 30.8. The van der Waals surface area contributed by atoms with E-state index in [1.807, 2.05) is 0 Å². The van der Waals surface area contributed by atoms with E-state index in [1.54, 1.807) is 34.1 Å². The summed E-state index contributed by atoms with van der Waals surface area (Å²) in [6.45, 7) is 1.17. The molecule has 0 aliphatic rings. The Hall–Kier alpha value is -2.32. The molecule has 12 heteroatoms. The fraction of sp³-hybridized carbons (Fsp3) is 0.533. The van der Waals surface area contributed by atoms with Gasteiger partial charge in [-0.3, -0.25) is 18.7 Å². The van der Waals surface area contributed by atoms with E-state index >= 15 is 0 Å². The normalized spacial score (nSPS) is 11.8. The molecule has 4 N–H and O–H groups in total. The highest BCUT2D eigenvalue weighted by Crippen LogP contribution is 2.34. The first-order valence-electron chi connectivity index (χ1n) is 14.8. The van der Waals surface area contributed by atoms with Crippen molar-refractivity contribution in [3.05, 3.63) is 48.5 Å². The summed E-state index contributed by atoms with van der Waals surface area (Å²) in [5.41, 5.74) is 1.27. The van der Waals surface area contributed by atoms with Crippen LogP contribution < -0.4 is 20.4 Å². The van der Waals surface area contributed by atoms with Gasteiger partial charge in [-0.15, -0.1) is 0 Å². The number of hydrogen-bond acceptors (Lipinski definition) is 4. The molecule has 0 aliphatic heterocycles. The van der Waals surface area contributed by atoms with Crippen LogP contribution in [0.25, 0.3) is 0 Å². The van der Waals surface area contributed by atoms with Crippen LogP contribution in [0.3, 0.4) is 0 Å². The maximum Gasteiger partial charge on any atom is 0.356 e. The third-order valence-electron chi connectivity index (χ3n) is 7.34. The van der Waals surface area contributed by atoms with Gasteiger partial charge in [0.1, 0.15) is 0 Å². The Morgan fingerprint density at radius 1 is 0.452 bits per heavy atom. The maximum atomic E-state index is 11.4. The monoisotopic (exact) mass is 624 g/mol. The lowest BCUT2D eigenvalue weighted by Crippen LogP contribution is -2.22. The highest BCUT2D eigenvalue weighted by Gasteiger charge is 2.18. The van der Waals surface area contributed by atoms with E-state index in [0.717, 1.165) is 51.3 Å². The van der Waals surface area contributed by atoms with Gasteiger partial charge < -0.3 is 29.4 Å². The molecule has 2 rings (SSSR count). The first-order valence-corrected chi connectivity index (χ1v) is 18.0. The van der Waals surface area contributed by atoms with Crippen molar-refractivity contribution in [2.75, 3.05) is 22.9 Å². The Morgan fingerprint density at radius 2 is 0.690 bits per heavy atom. The Balaban J connectivity index is 1.42. The van der Waals surface area contributed by atoms with Gasteiger partial charge in [0, 0.05) is 24.5 Å². The molecule has 0 aromatic heterocycles. The molecule has 0 saturated carbocycles. The number of rotatable bonds is 23. The third kappa shape index (κ3) is 13.8. The van der Waals surface area contributed by atoms with Crippen molar-refractivity contribution in [2.24, 2.45) is 0 Å². The van der Waals surface area contributed by atoms with Crippen molar-refractivity contribution in [1.82, 2.24) is 0 Å². The molecule has 2 aromatic rings. The summed E-state index contributed by atoms with van der Waals surface area (Å²) >= 11 is 0. The molecule has 0 heterocycles. The lowest BCUT2D eigenvalue weighted by molar-refractivity contribution is -0.108. The molecule has 42 heavy (non-hydrogen) atoms. The van der Waals surface area contributed by atoms with Gasteiger partial charge >= 0.3 is 15.2 Å². The summed E-state index contributed by atoms with van der Waals surface area (Å²) in [5.74, 6) is 0. The van der Waals surface area contributed by atoms with E-state index in [-0.39, 0.29) is 10.6 Å². The fourth-order valence-corrected chi connectivity index (χ4v) is 5.92. The number of carbonyl (C=O) groups excluding carboxylic acids is 2. The van der Waals surface area contributed by atoms with Crippen LogP contribution >= 0.6 is 15.2 Å². The molecule has 2 aromatic carbocycles. The van der Waals surface area contributed by atoms with Gasteiger partial charge in [-0.25, -0.2) is 0 Å². The van der Waals surface area contributed by atoms with Gasteiger partial charge in [-0.05, 0) is 61.4 Å². The van der Waals surface area contributed by atoms with E-state index in [9.17, 15) is 38.3 Å². The van der Waals surface area contributed by atoms with Crippen molar-refractivity contribution in [2.45, 2.75) is 89.9 Å². The van der Waals surface area contributed by atoms with Crippen molar-refractivity contribution in [3.63, 3.8) is 0 Å². The second-order valence-corrected chi connectivity index (χ2v) is 13.9. The smallest absolute Gasteiger partial charge is 0.321 e. The van der Waals surface area contributed by atoms with E-state index in [1.165, 1.54) is 75.6 Å². The molecular weight excluding hydrogens is 578 g/mol. The molecule has 0 bridgehead atoms. The Labute approximate surface area is 249 Å². The standard InChI is InChI=1S/C30H46N2O8P2/c33-25-31(27-15-19-29(20-16-27)41(35,36)37)23-13-11-9-7-5-3-1-2-4-6-8-10-12-14-24-32(26-34)28-17-21-30(22-18-28)42(38,39)40/h15-22,25-26H,1-14,23-24H2,(H2,35,36,37)(H2,38,39,40). The van der Waals surface area contributed by atoms with Crippen LogP contribution in [0.15, 0.2) is 48.5 Å². The third-order valence-corrected chi connectivity index (χ3v) is 9.28. The van der Waals surface area contributed by atoms with E-state index in [2.05, 4.69) is 0 Å². The summed E-state index contributed by atoms with van der Waals surface area (Å²) in [4.78, 5) is 62.8. The summed E-state index contributed by atoms with van der Waals surface area (Å²) in [5, 5.41) is -0.106. The van der Waals surface area contributed by atoms with Crippen LogP contribution in [0.5, 0.6) is 0 Å². The van der Waals surface area contributed by atoms with Crippen LogP contribution in [0.4, 0.5) is 11.4 Å². The van der Waals surface area contributed by atoms with Crippen molar-refractivity contribution < 1.29 is 38.3 Å². The quantitative estimate of drug-likeness (QED) is 0.0730. The molecule has 234 valence electrons. The molecule has 0 fully saturated rings. The zero-order valence-electron chi connectivity index (χ0n) is 24.3. The predicted molar refractivity (Wildman–Crippen MR) is 168 cm³/mol. The average molecular weight is 625 g/mol. The molecule has 0 aliphatic carbocycles. The fourth-order valence-electron chi connectivity index (χ4n) is 4.85. The minimum atomic E-state index is -4.28. The largest absolute Gasteiger partial charge is 0.356 e. The van der Waals surface area contributed by atoms with Gasteiger partial charge in [0.2, 0.25) is 12.8 Å². The zero-order valence-corrected chi connectivity index (χ0v) is 26.1. The number of anilines is 2. The molecule has 10 nitrogen and oxygen atoms in total. The first-order chi connectivity index (χ1) is 20.1. The molecule has 0 unspecified atom stereocenters. The summed E-state index contributed by atoms with van der Waals surface area (Å²) in [6, 6.07) is 11.7. The lowest BCUT2D eigenvalue weighted by atomic mass is 10.0. The van der Waals surface area contributed by atoms with Crippen molar-refractivity contribution in [3.8, 4) is 0 Å². The van der Waals surface area contributed by atoms with Gasteiger partial charge in [-0.1, -0.05) is 77.0 Å². The van der Waals surface area contributed by atoms with Gasteiger partial charge in [-0.2, -0.15) is 0 Å². The summed E-state index contributed by atoms with van der Waals surface area (Å²) < 4.78 is 22.6.